The molecule has 1 heterocycles. The van der Waals surface area contributed by atoms with Crippen LogP contribution < -0.4 is 4.90 Å². The number of hydrogen-bond acceptors (Lipinski definition) is 3. The second-order valence-electron chi connectivity index (χ2n) is 6.94. The summed E-state index contributed by atoms with van der Waals surface area (Å²) >= 11 is 0. The highest BCUT2D eigenvalue weighted by Gasteiger charge is 2.35. The monoisotopic (exact) mass is 304 g/mol. The molecule has 1 aliphatic heterocycles. The van der Waals surface area contributed by atoms with Crippen molar-refractivity contribution in [2.24, 2.45) is 0 Å². The fraction of sp³-hybridized carbons (Fsp3) is 0.611. The molecule has 122 valence electrons. The molecule has 0 spiro atoms. The van der Waals surface area contributed by atoms with Crippen LogP contribution in [-0.4, -0.2) is 46.7 Å². The highest BCUT2D eigenvalue weighted by atomic mass is 16.3. The summed E-state index contributed by atoms with van der Waals surface area (Å²) < 4.78 is 0. The maximum absolute atomic E-state index is 13.0. The van der Waals surface area contributed by atoms with Crippen molar-refractivity contribution in [1.29, 1.82) is 0 Å². The highest BCUT2D eigenvalue weighted by molar-refractivity contribution is 5.99. The molecule has 1 N–H and O–H groups in total. The van der Waals surface area contributed by atoms with E-state index in [1.54, 1.807) is 13.8 Å². The van der Waals surface area contributed by atoms with Crippen LogP contribution in [-0.2, 0) is 11.2 Å². The Morgan fingerprint density at radius 3 is 2.68 bits per heavy atom. The number of aliphatic hydroxyl groups is 1. The first-order chi connectivity index (χ1) is 10.2. The molecular weight excluding hydrogens is 276 g/mol. The molecule has 0 fully saturated rings. The first-order valence-electron chi connectivity index (χ1n) is 8.12. The number of para-hydroxylation sites is 1. The molecule has 0 aliphatic carbocycles. The Labute approximate surface area is 133 Å². The van der Waals surface area contributed by atoms with E-state index in [2.05, 4.69) is 13.0 Å². The minimum absolute atomic E-state index is 0.114. The Kier molecular flexibility index (Phi) is 4.93. The molecule has 1 aromatic rings. The predicted molar refractivity (Wildman–Crippen MR) is 90.1 cm³/mol. The molecule has 0 radical (unpaired) electrons. The number of nitrogens with zero attached hydrogens (tertiary/aromatic N) is 2. The number of benzene rings is 1. The summed E-state index contributed by atoms with van der Waals surface area (Å²) in [5, 5.41) is 10.1. The minimum atomic E-state index is -0.806. The van der Waals surface area contributed by atoms with Crippen molar-refractivity contribution >= 4 is 11.6 Å². The zero-order valence-corrected chi connectivity index (χ0v) is 14.3. The van der Waals surface area contributed by atoms with Gasteiger partial charge in [0.25, 0.3) is 0 Å². The van der Waals surface area contributed by atoms with E-state index in [4.69, 9.17) is 0 Å². The molecule has 0 saturated carbocycles. The van der Waals surface area contributed by atoms with E-state index in [0.717, 1.165) is 18.7 Å². The van der Waals surface area contributed by atoms with Crippen LogP contribution in [0.3, 0.4) is 0 Å². The Bertz CT molecular complexity index is 536. The van der Waals surface area contributed by atoms with Crippen molar-refractivity contribution in [2.45, 2.75) is 58.7 Å². The van der Waals surface area contributed by atoms with Gasteiger partial charge < -0.3 is 10.0 Å². The quantitative estimate of drug-likeness (QED) is 0.908. The van der Waals surface area contributed by atoms with Gasteiger partial charge in [-0.3, -0.25) is 9.69 Å². The third-order valence-corrected chi connectivity index (χ3v) is 4.35. The number of fused-ring (bicyclic) bond motifs is 1. The normalized spacial score (nSPS) is 19.4. The summed E-state index contributed by atoms with van der Waals surface area (Å²) in [6.45, 7) is 10.8. The highest BCUT2D eigenvalue weighted by Crippen LogP contribution is 2.32. The third-order valence-electron chi connectivity index (χ3n) is 4.35. The van der Waals surface area contributed by atoms with Gasteiger partial charge in [0.05, 0.1) is 11.6 Å². The zero-order chi connectivity index (χ0) is 16.5. The molecule has 0 bridgehead atoms. The Hall–Kier alpha value is -1.39. The maximum Gasteiger partial charge on any atom is 0.244 e. The van der Waals surface area contributed by atoms with E-state index in [1.165, 1.54) is 5.56 Å². The molecule has 4 heteroatoms. The van der Waals surface area contributed by atoms with Gasteiger partial charge in [-0.2, -0.15) is 0 Å². The maximum atomic E-state index is 13.0. The van der Waals surface area contributed by atoms with Gasteiger partial charge >= 0.3 is 0 Å². The number of likely N-dealkylation sites (N-methyl/N-ethyl adjacent to an activating group) is 1. The summed E-state index contributed by atoms with van der Waals surface area (Å²) in [5.74, 6) is 0.114. The first kappa shape index (κ1) is 17.0. The molecule has 2 rings (SSSR count). The molecule has 4 nitrogen and oxygen atoms in total. The van der Waals surface area contributed by atoms with Gasteiger partial charge in [0.15, 0.2) is 0 Å². The summed E-state index contributed by atoms with van der Waals surface area (Å²) in [6.07, 6.45) is 0.909. The smallest absolute Gasteiger partial charge is 0.244 e. The van der Waals surface area contributed by atoms with Crippen LogP contribution in [0.15, 0.2) is 24.3 Å². The SMILES string of the molecule is CCN(CC(C)(C)O)C(C)C(=O)N1c2ccccc2CC1C. The lowest BCUT2D eigenvalue weighted by molar-refractivity contribution is -0.124. The van der Waals surface area contributed by atoms with Crippen LogP contribution in [0, 0.1) is 0 Å². The second kappa shape index (κ2) is 6.39. The van der Waals surface area contributed by atoms with Gasteiger partial charge in [0, 0.05) is 18.3 Å². The average molecular weight is 304 g/mol. The van der Waals surface area contributed by atoms with Crippen LogP contribution in [0.5, 0.6) is 0 Å². The minimum Gasteiger partial charge on any atom is -0.389 e. The number of rotatable bonds is 5. The molecule has 22 heavy (non-hydrogen) atoms. The lowest BCUT2D eigenvalue weighted by atomic mass is 10.1. The zero-order valence-electron chi connectivity index (χ0n) is 14.3. The van der Waals surface area contributed by atoms with Gasteiger partial charge in [0.2, 0.25) is 5.91 Å². The lowest BCUT2D eigenvalue weighted by Crippen LogP contribution is -2.52. The van der Waals surface area contributed by atoms with Crippen LogP contribution in [0.2, 0.25) is 0 Å². The van der Waals surface area contributed by atoms with E-state index in [1.807, 2.05) is 41.8 Å². The van der Waals surface area contributed by atoms with Gasteiger partial charge in [-0.05, 0) is 52.3 Å². The first-order valence-corrected chi connectivity index (χ1v) is 8.12. The Balaban J connectivity index is 2.20. The van der Waals surface area contributed by atoms with E-state index in [0.29, 0.717) is 6.54 Å². The summed E-state index contributed by atoms with van der Waals surface area (Å²) in [4.78, 5) is 17.0. The summed E-state index contributed by atoms with van der Waals surface area (Å²) in [7, 11) is 0. The van der Waals surface area contributed by atoms with Gasteiger partial charge in [-0.15, -0.1) is 0 Å². The van der Waals surface area contributed by atoms with Crippen molar-refractivity contribution in [3.63, 3.8) is 0 Å². The van der Waals surface area contributed by atoms with E-state index >= 15 is 0 Å². The molecule has 1 amide bonds. The molecule has 1 aromatic carbocycles. The number of amides is 1. The van der Waals surface area contributed by atoms with Crippen molar-refractivity contribution in [3.05, 3.63) is 29.8 Å². The van der Waals surface area contributed by atoms with Crippen LogP contribution in [0.4, 0.5) is 5.69 Å². The molecule has 2 atom stereocenters. The van der Waals surface area contributed by atoms with Crippen LogP contribution in [0.25, 0.3) is 0 Å². The van der Waals surface area contributed by atoms with Crippen LogP contribution in [0.1, 0.15) is 40.2 Å². The van der Waals surface area contributed by atoms with E-state index in [9.17, 15) is 9.90 Å². The number of hydrogen-bond donors (Lipinski definition) is 1. The van der Waals surface area contributed by atoms with Crippen molar-refractivity contribution in [2.75, 3.05) is 18.0 Å². The standard InChI is InChI=1S/C18H28N2O2/c1-6-19(12-18(4,5)22)14(3)17(21)20-13(2)11-15-9-7-8-10-16(15)20/h7-10,13-14,22H,6,11-12H2,1-5H3. The topological polar surface area (TPSA) is 43.8 Å². The molecule has 1 aliphatic rings. The van der Waals surface area contributed by atoms with Crippen LogP contribution >= 0.6 is 0 Å². The van der Waals surface area contributed by atoms with Crippen molar-refractivity contribution in [1.82, 2.24) is 4.90 Å². The third kappa shape index (κ3) is 3.50. The van der Waals surface area contributed by atoms with Crippen molar-refractivity contribution < 1.29 is 9.90 Å². The summed E-state index contributed by atoms with van der Waals surface area (Å²) in [5.41, 5.74) is 1.46. The predicted octanol–water partition coefficient (Wildman–Crippen LogP) is 2.45. The lowest BCUT2D eigenvalue weighted by Gasteiger charge is -2.35. The van der Waals surface area contributed by atoms with Gasteiger partial charge in [0.1, 0.15) is 0 Å². The van der Waals surface area contributed by atoms with Crippen molar-refractivity contribution in [3.8, 4) is 0 Å². The van der Waals surface area contributed by atoms with E-state index < -0.39 is 5.60 Å². The average Bonchev–Trinajstić information content (AvgIpc) is 2.78. The Morgan fingerprint density at radius 2 is 2.09 bits per heavy atom. The molecular formula is C18H28N2O2. The summed E-state index contributed by atoms with van der Waals surface area (Å²) in [6, 6.07) is 8.07. The van der Waals surface area contributed by atoms with E-state index in [-0.39, 0.29) is 18.0 Å². The largest absolute Gasteiger partial charge is 0.389 e. The number of carbonyl (C=O) groups is 1. The fourth-order valence-corrected chi connectivity index (χ4v) is 3.28. The number of carbonyl (C=O) groups excluding carboxylic acids is 1. The molecule has 2 unspecified atom stereocenters. The molecule has 0 aromatic heterocycles. The number of anilines is 1. The molecule has 0 saturated heterocycles. The Morgan fingerprint density at radius 1 is 1.45 bits per heavy atom. The van der Waals surface area contributed by atoms with Gasteiger partial charge in [-0.1, -0.05) is 25.1 Å². The fourth-order valence-electron chi connectivity index (χ4n) is 3.28. The van der Waals surface area contributed by atoms with Gasteiger partial charge in [-0.25, -0.2) is 0 Å². The second-order valence-corrected chi connectivity index (χ2v) is 6.94.